The molecule has 2 aliphatic rings. The van der Waals surface area contributed by atoms with E-state index in [4.69, 9.17) is 25.5 Å². The lowest BCUT2D eigenvalue weighted by atomic mass is 10.0. The first-order chi connectivity index (χ1) is 16.6. The second-order valence-corrected chi connectivity index (χ2v) is 8.98. The molecule has 8 heteroatoms. The van der Waals surface area contributed by atoms with E-state index >= 15 is 0 Å². The maximum Gasteiger partial charge on any atom is 0.290 e. The zero-order chi connectivity index (χ0) is 23.5. The number of nitrogens with zero attached hydrogens (tertiary/aromatic N) is 1. The van der Waals surface area contributed by atoms with E-state index < -0.39 is 6.04 Å². The lowest BCUT2D eigenvalue weighted by Crippen LogP contribution is -2.45. The molecule has 2 amide bonds. The molecule has 1 fully saturated rings. The largest absolute Gasteiger partial charge is 0.459 e. The summed E-state index contributed by atoms with van der Waals surface area (Å²) in [6.07, 6.45) is 5.49. The first-order valence-corrected chi connectivity index (χ1v) is 11.7. The summed E-state index contributed by atoms with van der Waals surface area (Å²) >= 11 is 6.12. The molecule has 0 bridgehead atoms. The van der Waals surface area contributed by atoms with Gasteiger partial charge in [0.05, 0.1) is 6.26 Å². The summed E-state index contributed by atoms with van der Waals surface area (Å²) < 4.78 is 16.3. The van der Waals surface area contributed by atoms with Crippen LogP contribution in [0.1, 0.15) is 53.4 Å². The number of halogens is 1. The number of amides is 2. The van der Waals surface area contributed by atoms with Crippen LogP contribution < -0.4 is 14.8 Å². The van der Waals surface area contributed by atoms with Gasteiger partial charge in [0, 0.05) is 17.6 Å². The topological polar surface area (TPSA) is 81.0 Å². The molecule has 1 aromatic heterocycles. The molecule has 0 unspecified atom stereocenters. The van der Waals surface area contributed by atoms with Crippen LogP contribution in [0.4, 0.5) is 0 Å². The lowest BCUT2D eigenvalue weighted by Gasteiger charge is -2.32. The number of carbonyl (C=O) groups is 2. The van der Waals surface area contributed by atoms with Crippen LogP contribution in [0.25, 0.3) is 0 Å². The van der Waals surface area contributed by atoms with Gasteiger partial charge in [-0.3, -0.25) is 9.59 Å². The van der Waals surface area contributed by atoms with Crippen molar-refractivity contribution >= 4 is 23.4 Å². The maximum absolute atomic E-state index is 13.7. The van der Waals surface area contributed by atoms with E-state index in [1.54, 1.807) is 36.4 Å². The highest BCUT2D eigenvalue weighted by molar-refractivity contribution is 6.30. The van der Waals surface area contributed by atoms with Crippen LogP contribution in [0, 0.1) is 0 Å². The molecule has 34 heavy (non-hydrogen) atoms. The second kappa shape index (κ2) is 9.81. The normalized spacial score (nSPS) is 15.8. The van der Waals surface area contributed by atoms with Crippen molar-refractivity contribution in [2.75, 3.05) is 6.79 Å². The summed E-state index contributed by atoms with van der Waals surface area (Å²) in [6.45, 7) is 0.326. The molecular formula is C26H25ClN2O5. The Labute approximate surface area is 202 Å². The smallest absolute Gasteiger partial charge is 0.290 e. The molecule has 1 saturated carbocycles. The number of fused-ring (bicyclic) bond motifs is 1. The van der Waals surface area contributed by atoms with Crippen molar-refractivity contribution in [2.24, 2.45) is 0 Å². The number of furan rings is 1. The van der Waals surface area contributed by atoms with Gasteiger partial charge < -0.3 is 24.1 Å². The molecule has 0 saturated heterocycles. The van der Waals surface area contributed by atoms with Crippen molar-refractivity contribution in [2.45, 2.75) is 44.3 Å². The zero-order valence-electron chi connectivity index (χ0n) is 18.5. The van der Waals surface area contributed by atoms with Gasteiger partial charge in [0.15, 0.2) is 17.3 Å². The van der Waals surface area contributed by atoms with E-state index in [0.717, 1.165) is 31.2 Å². The molecule has 1 atom stereocenters. The van der Waals surface area contributed by atoms with E-state index in [0.29, 0.717) is 22.1 Å². The van der Waals surface area contributed by atoms with Crippen molar-refractivity contribution in [1.82, 2.24) is 10.2 Å². The van der Waals surface area contributed by atoms with Gasteiger partial charge in [-0.2, -0.15) is 0 Å². The molecule has 3 aromatic rings. The van der Waals surface area contributed by atoms with Crippen LogP contribution in [-0.4, -0.2) is 29.5 Å². The van der Waals surface area contributed by atoms with Gasteiger partial charge in [0.25, 0.3) is 5.91 Å². The van der Waals surface area contributed by atoms with Crippen LogP contribution >= 0.6 is 11.6 Å². The molecule has 2 aromatic carbocycles. The number of rotatable bonds is 7. The molecule has 1 aliphatic heterocycles. The van der Waals surface area contributed by atoms with E-state index in [1.807, 2.05) is 18.2 Å². The van der Waals surface area contributed by atoms with E-state index in [9.17, 15) is 9.59 Å². The molecule has 0 spiro atoms. The number of benzene rings is 2. The number of nitrogens with one attached hydrogen (secondary N) is 1. The first kappa shape index (κ1) is 22.3. The fourth-order valence-electron chi connectivity index (χ4n) is 4.53. The quantitative estimate of drug-likeness (QED) is 0.508. The van der Waals surface area contributed by atoms with Gasteiger partial charge in [0.2, 0.25) is 12.7 Å². The summed E-state index contributed by atoms with van der Waals surface area (Å²) in [5.74, 6) is 0.815. The van der Waals surface area contributed by atoms with Gasteiger partial charge in [-0.05, 0) is 60.4 Å². The highest BCUT2D eigenvalue weighted by atomic mass is 35.5. The Hall–Kier alpha value is -3.45. The fraction of sp³-hybridized carbons (Fsp3) is 0.308. The van der Waals surface area contributed by atoms with Crippen molar-refractivity contribution in [3.05, 3.63) is 82.8 Å². The third-order valence-electron chi connectivity index (χ3n) is 6.23. The Morgan fingerprint density at radius 1 is 1.03 bits per heavy atom. The zero-order valence-corrected chi connectivity index (χ0v) is 19.3. The Morgan fingerprint density at radius 2 is 1.79 bits per heavy atom. The Kier molecular flexibility index (Phi) is 6.45. The van der Waals surface area contributed by atoms with Gasteiger partial charge in [-0.25, -0.2) is 0 Å². The van der Waals surface area contributed by atoms with Crippen LogP contribution in [0.15, 0.2) is 65.3 Å². The summed E-state index contributed by atoms with van der Waals surface area (Å²) in [4.78, 5) is 28.8. The van der Waals surface area contributed by atoms with E-state index in [-0.39, 0.29) is 37.0 Å². The highest BCUT2D eigenvalue weighted by Gasteiger charge is 2.35. The van der Waals surface area contributed by atoms with E-state index in [2.05, 4.69) is 5.32 Å². The average molecular weight is 481 g/mol. The van der Waals surface area contributed by atoms with Crippen molar-refractivity contribution in [1.29, 1.82) is 0 Å². The van der Waals surface area contributed by atoms with Crippen LogP contribution in [0.5, 0.6) is 11.5 Å². The lowest BCUT2D eigenvalue weighted by molar-refractivity contribution is -0.126. The standard InChI is InChI=1S/C26H25ClN2O5/c27-19-10-8-18(9-11-19)24(25(30)28-20-4-1-2-5-20)29(26(31)22-6-3-13-32-22)15-17-7-12-21-23(14-17)34-16-33-21/h3,6-14,20,24H,1-2,4-5,15-16H2,(H,28,30)/t24-/m1/s1. The Balaban J connectivity index is 1.53. The van der Waals surface area contributed by atoms with E-state index in [1.165, 1.54) is 11.2 Å². The van der Waals surface area contributed by atoms with Crippen LogP contribution in [0.2, 0.25) is 5.02 Å². The predicted molar refractivity (Wildman–Crippen MR) is 126 cm³/mol. The van der Waals surface area contributed by atoms with Crippen molar-refractivity contribution in [3.8, 4) is 11.5 Å². The number of hydrogen-bond donors (Lipinski definition) is 1. The number of ether oxygens (including phenoxy) is 2. The highest BCUT2D eigenvalue weighted by Crippen LogP contribution is 2.34. The molecule has 2 heterocycles. The predicted octanol–water partition coefficient (Wildman–Crippen LogP) is 5.10. The maximum atomic E-state index is 13.7. The van der Waals surface area contributed by atoms with Gasteiger partial charge in [-0.15, -0.1) is 0 Å². The molecule has 5 rings (SSSR count). The average Bonchev–Trinajstić information content (AvgIpc) is 3.62. The minimum absolute atomic E-state index is 0.105. The minimum atomic E-state index is -0.874. The second-order valence-electron chi connectivity index (χ2n) is 8.54. The fourth-order valence-corrected chi connectivity index (χ4v) is 4.65. The first-order valence-electron chi connectivity index (χ1n) is 11.4. The molecule has 1 N–H and O–H groups in total. The van der Waals surface area contributed by atoms with Gasteiger partial charge in [0.1, 0.15) is 6.04 Å². The SMILES string of the molecule is O=C(NC1CCCC1)[C@@H](c1ccc(Cl)cc1)N(Cc1ccc2c(c1)OCO2)C(=O)c1ccco1. The summed E-state index contributed by atoms with van der Waals surface area (Å²) in [5, 5.41) is 3.71. The van der Waals surface area contributed by atoms with Gasteiger partial charge in [-0.1, -0.05) is 42.6 Å². The molecule has 0 radical (unpaired) electrons. The Morgan fingerprint density at radius 3 is 2.53 bits per heavy atom. The third-order valence-corrected chi connectivity index (χ3v) is 6.48. The van der Waals surface area contributed by atoms with Crippen molar-refractivity contribution in [3.63, 3.8) is 0 Å². The van der Waals surface area contributed by atoms with Gasteiger partial charge >= 0.3 is 0 Å². The van der Waals surface area contributed by atoms with Crippen molar-refractivity contribution < 1.29 is 23.5 Å². The summed E-state index contributed by atoms with van der Waals surface area (Å²) in [7, 11) is 0. The Bertz CT molecular complexity index is 1160. The summed E-state index contributed by atoms with van der Waals surface area (Å²) in [6, 6.07) is 15.0. The number of hydrogen-bond acceptors (Lipinski definition) is 5. The summed E-state index contributed by atoms with van der Waals surface area (Å²) in [5.41, 5.74) is 1.47. The third kappa shape index (κ3) is 4.75. The van der Waals surface area contributed by atoms with Crippen LogP contribution in [0.3, 0.4) is 0 Å². The van der Waals surface area contributed by atoms with Crippen LogP contribution in [-0.2, 0) is 11.3 Å². The molecular weight excluding hydrogens is 456 g/mol. The monoisotopic (exact) mass is 480 g/mol. The number of carbonyl (C=O) groups excluding carboxylic acids is 2. The molecule has 1 aliphatic carbocycles. The minimum Gasteiger partial charge on any atom is -0.459 e. The molecule has 7 nitrogen and oxygen atoms in total. The molecule has 176 valence electrons.